The quantitative estimate of drug-likeness (QED) is 0.269. The third-order valence-corrected chi connectivity index (χ3v) is 9.46. The first-order valence-electron chi connectivity index (χ1n) is 15.9. The molecule has 1 fully saturated rings. The molecule has 0 radical (unpaired) electrons. The lowest BCUT2D eigenvalue weighted by molar-refractivity contribution is -0.163. The van der Waals surface area contributed by atoms with E-state index in [0.29, 0.717) is 5.56 Å². The van der Waals surface area contributed by atoms with Gasteiger partial charge in [0.15, 0.2) is 11.7 Å². The summed E-state index contributed by atoms with van der Waals surface area (Å²) in [5.41, 5.74) is -1.53. The number of rotatable bonds is 12. The van der Waals surface area contributed by atoms with Crippen molar-refractivity contribution in [1.82, 2.24) is 19.5 Å². The molecule has 50 heavy (non-hydrogen) atoms. The number of carbonyl (C=O) groups excluding carboxylic acids is 3. The molecular weight excluding hydrogens is 674 g/mol. The topological polar surface area (TPSA) is 144 Å². The summed E-state index contributed by atoms with van der Waals surface area (Å²) < 4.78 is 73.3. The predicted molar refractivity (Wildman–Crippen MR) is 178 cm³/mol. The number of benzene rings is 2. The molecule has 1 N–H and O–H groups in total. The second-order valence-corrected chi connectivity index (χ2v) is 15.5. The third-order valence-electron chi connectivity index (χ3n) is 7.67. The van der Waals surface area contributed by atoms with Crippen molar-refractivity contribution in [2.75, 3.05) is 27.2 Å². The van der Waals surface area contributed by atoms with Crippen LogP contribution in [-0.4, -0.2) is 85.5 Å². The van der Waals surface area contributed by atoms with Crippen molar-refractivity contribution in [3.63, 3.8) is 0 Å². The number of aromatic nitrogens is 1. The number of sulfonamides is 1. The molecule has 15 heteroatoms. The zero-order valence-electron chi connectivity index (χ0n) is 29.0. The molecule has 2 amide bonds. The fourth-order valence-corrected chi connectivity index (χ4v) is 6.75. The summed E-state index contributed by atoms with van der Waals surface area (Å²) in [7, 11) is -1.09. The Hall–Kier alpha value is -4.63. The van der Waals surface area contributed by atoms with Crippen molar-refractivity contribution >= 4 is 28.0 Å². The van der Waals surface area contributed by atoms with Crippen LogP contribution in [0.5, 0.6) is 5.75 Å². The van der Waals surface area contributed by atoms with Crippen LogP contribution in [0.15, 0.2) is 71.8 Å². The molecule has 0 bridgehead atoms. The third kappa shape index (κ3) is 9.33. The summed E-state index contributed by atoms with van der Waals surface area (Å²) in [6, 6.07) is 12.3. The molecule has 2 atom stereocenters. The Morgan fingerprint density at radius 2 is 1.64 bits per heavy atom. The van der Waals surface area contributed by atoms with E-state index in [0.717, 1.165) is 10.5 Å². The molecule has 2 aromatic carbocycles. The Labute approximate surface area is 290 Å². The van der Waals surface area contributed by atoms with Gasteiger partial charge in [0.2, 0.25) is 10.0 Å². The molecule has 1 aliphatic rings. The van der Waals surface area contributed by atoms with Crippen molar-refractivity contribution in [3.8, 4) is 5.75 Å². The van der Waals surface area contributed by atoms with Gasteiger partial charge in [0.1, 0.15) is 29.0 Å². The Bertz CT molecular complexity index is 1790. The fourth-order valence-electron chi connectivity index (χ4n) is 5.14. The van der Waals surface area contributed by atoms with Crippen LogP contribution >= 0.6 is 0 Å². The van der Waals surface area contributed by atoms with Gasteiger partial charge in [-0.15, -0.1) is 0 Å². The molecule has 0 spiro atoms. The molecule has 0 unspecified atom stereocenters. The molecule has 0 saturated carbocycles. The van der Waals surface area contributed by atoms with Crippen LogP contribution in [0.3, 0.4) is 0 Å². The van der Waals surface area contributed by atoms with E-state index in [1.165, 1.54) is 73.6 Å². The number of alkyl carbamates (subject to hydrolysis) is 1. The summed E-state index contributed by atoms with van der Waals surface area (Å²) in [6.07, 6.45) is -1.24. The molecule has 1 saturated heterocycles. The van der Waals surface area contributed by atoms with E-state index in [1.54, 1.807) is 40.7 Å². The number of nitrogens with zero attached hydrogens (tertiary/aromatic N) is 3. The zero-order chi connectivity index (χ0) is 37.0. The van der Waals surface area contributed by atoms with Crippen molar-refractivity contribution in [3.05, 3.63) is 89.8 Å². The van der Waals surface area contributed by atoms with Crippen LogP contribution in [0.1, 0.15) is 45.9 Å². The van der Waals surface area contributed by atoms with Gasteiger partial charge in [-0.3, -0.25) is 9.78 Å². The Balaban J connectivity index is 1.59. The average Bonchev–Trinajstić information content (AvgIpc) is 3.01. The summed E-state index contributed by atoms with van der Waals surface area (Å²) in [5.74, 6) is -2.54. The van der Waals surface area contributed by atoms with Crippen LogP contribution in [0.4, 0.5) is 13.6 Å². The Morgan fingerprint density at radius 3 is 2.20 bits per heavy atom. The minimum Gasteiger partial charge on any atom is -0.478 e. The van der Waals surface area contributed by atoms with Gasteiger partial charge < -0.3 is 24.4 Å². The number of hydrogen-bond acceptors (Lipinski definition) is 9. The van der Waals surface area contributed by atoms with Crippen molar-refractivity contribution < 1.29 is 45.8 Å². The standard InChI is InChI=1S/C35H42F2N4O8S/c1-22(2)30(31(42)40(6)7)47-32(43)28(39-33(44)49-34(3,4)5)18-23-9-8-10-27(17-23)50(45,46)41-20-35(21-41,29-16-13-25(37)19-38-29)48-26-14-11-24(36)12-15-26/h8-17,19,22,28,30H,18,20-21H2,1-7H3,(H,39,44)/t28-,30+/m0/s1. The molecular formula is C35H42F2N4O8S. The van der Waals surface area contributed by atoms with Crippen LogP contribution in [0.2, 0.25) is 0 Å². The summed E-state index contributed by atoms with van der Waals surface area (Å²) >= 11 is 0. The number of likely N-dealkylation sites (N-methyl/N-ethyl adjacent to an activating group) is 1. The predicted octanol–water partition coefficient (Wildman–Crippen LogP) is 4.43. The van der Waals surface area contributed by atoms with Crippen LogP contribution < -0.4 is 10.1 Å². The first-order chi connectivity index (χ1) is 23.3. The number of ether oxygens (including phenoxy) is 3. The fraction of sp³-hybridized carbons (Fsp3) is 0.429. The Morgan fingerprint density at radius 1 is 1.00 bits per heavy atom. The molecule has 270 valence electrons. The Kier molecular flexibility index (Phi) is 11.5. The molecule has 2 heterocycles. The minimum absolute atomic E-state index is 0.107. The lowest BCUT2D eigenvalue weighted by Gasteiger charge is -2.48. The highest BCUT2D eigenvalue weighted by atomic mass is 32.2. The molecule has 3 aromatic rings. The van der Waals surface area contributed by atoms with Gasteiger partial charge in [0.25, 0.3) is 5.91 Å². The highest BCUT2D eigenvalue weighted by Crippen LogP contribution is 2.39. The first-order valence-corrected chi connectivity index (χ1v) is 17.3. The molecule has 4 rings (SSSR count). The van der Waals surface area contributed by atoms with E-state index in [4.69, 9.17) is 14.2 Å². The highest BCUT2D eigenvalue weighted by molar-refractivity contribution is 7.89. The number of nitrogens with one attached hydrogen (secondary N) is 1. The van der Waals surface area contributed by atoms with Crippen molar-refractivity contribution in [2.24, 2.45) is 5.92 Å². The number of esters is 1. The van der Waals surface area contributed by atoms with Gasteiger partial charge in [-0.25, -0.2) is 26.8 Å². The smallest absolute Gasteiger partial charge is 0.408 e. The van der Waals surface area contributed by atoms with Gasteiger partial charge in [0, 0.05) is 20.5 Å². The number of hydrogen-bond donors (Lipinski definition) is 1. The lowest BCUT2D eigenvalue weighted by Crippen LogP contribution is -2.64. The maximum atomic E-state index is 13.9. The second-order valence-electron chi connectivity index (χ2n) is 13.6. The average molecular weight is 717 g/mol. The van der Waals surface area contributed by atoms with Gasteiger partial charge in [-0.05, 0) is 80.8 Å². The zero-order valence-corrected chi connectivity index (χ0v) is 29.8. The number of pyridine rings is 1. The van der Waals surface area contributed by atoms with E-state index < -0.39 is 63.0 Å². The van der Waals surface area contributed by atoms with E-state index in [9.17, 15) is 31.6 Å². The van der Waals surface area contributed by atoms with Crippen LogP contribution in [0, 0.1) is 17.6 Å². The van der Waals surface area contributed by atoms with Crippen molar-refractivity contribution in [2.45, 2.75) is 69.3 Å². The number of amides is 2. The SMILES string of the molecule is CC(C)[C@@H](OC(=O)[C@H](Cc1cccc(S(=O)(=O)N2CC(Oc3ccc(F)cc3)(c3ccc(F)cn3)C2)c1)NC(=O)OC(C)(C)C)C(=O)N(C)C. The van der Waals surface area contributed by atoms with E-state index in [2.05, 4.69) is 10.3 Å². The van der Waals surface area contributed by atoms with Gasteiger partial charge in [0.05, 0.1) is 29.9 Å². The van der Waals surface area contributed by atoms with Crippen molar-refractivity contribution in [1.29, 1.82) is 0 Å². The monoisotopic (exact) mass is 716 g/mol. The molecule has 1 aromatic heterocycles. The number of halogens is 2. The molecule has 0 aliphatic carbocycles. The minimum atomic E-state index is -4.15. The number of carbonyl (C=O) groups is 3. The van der Waals surface area contributed by atoms with E-state index >= 15 is 0 Å². The van der Waals surface area contributed by atoms with Crippen LogP contribution in [-0.2, 0) is 41.1 Å². The largest absolute Gasteiger partial charge is 0.478 e. The summed E-state index contributed by atoms with van der Waals surface area (Å²) in [5, 5.41) is 2.50. The maximum Gasteiger partial charge on any atom is 0.408 e. The first kappa shape index (κ1) is 38.2. The second kappa shape index (κ2) is 15.1. The lowest BCUT2D eigenvalue weighted by atomic mass is 9.91. The van der Waals surface area contributed by atoms with Gasteiger partial charge >= 0.3 is 12.1 Å². The molecule has 12 nitrogen and oxygen atoms in total. The summed E-state index contributed by atoms with van der Waals surface area (Å²) in [4.78, 5) is 44.3. The van der Waals surface area contributed by atoms with Crippen LogP contribution in [0.25, 0.3) is 0 Å². The normalized spacial score (nSPS) is 15.7. The highest BCUT2D eigenvalue weighted by Gasteiger charge is 2.53. The summed E-state index contributed by atoms with van der Waals surface area (Å²) in [6.45, 7) is 8.00. The maximum absolute atomic E-state index is 13.9. The van der Waals surface area contributed by atoms with E-state index in [-0.39, 0.29) is 41.8 Å². The molecule has 1 aliphatic heterocycles. The van der Waals surface area contributed by atoms with Gasteiger partial charge in [-0.2, -0.15) is 4.31 Å². The van der Waals surface area contributed by atoms with E-state index in [1.807, 2.05) is 0 Å². The van der Waals surface area contributed by atoms with Gasteiger partial charge in [-0.1, -0.05) is 26.0 Å².